The quantitative estimate of drug-likeness (QED) is 0.823. The number of rotatable bonds is 6. The van der Waals surface area contributed by atoms with Gasteiger partial charge in [-0.15, -0.1) is 0 Å². The van der Waals surface area contributed by atoms with Crippen LogP contribution in [0.3, 0.4) is 0 Å². The Bertz CT molecular complexity index is 331. The number of nitrogens with zero attached hydrogens (tertiary/aromatic N) is 2. The largest absolute Gasteiger partial charge is 0.475 e. The summed E-state index contributed by atoms with van der Waals surface area (Å²) in [6, 6.07) is 4.63. The maximum atomic E-state index is 5.76. The summed E-state index contributed by atoms with van der Waals surface area (Å²) in [5.41, 5.74) is 6.35. The van der Waals surface area contributed by atoms with E-state index < -0.39 is 0 Å². The third-order valence-corrected chi connectivity index (χ3v) is 2.72. The minimum atomic E-state index is 0.514. The predicted octanol–water partition coefficient (Wildman–Crippen LogP) is 2.16. The predicted molar refractivity (Wildman–Crippen MR) is 71.1 cm³/mol. The van der Waals surface area contributed by atoms with Gasteiger partial charge >= 0.3 is 0 Å². The van der Waals surface area contributed by atoms with Crippen LogP contribution in [0, 0.1) is 0 Å². The first kappa shape index (κ1) is 13.8. The monoisotopic (exact) mass is 237 g/mol. The lowest BCUT2D eigenvalue weighted by Crippen LogP contribution is -2.39. The SMILES string of the molecule is CC(C)N(CCOc1ncccc1N)C(C)C. The van der Waals surface area contributed by atoms with E-state index in [9.17, 15) is 0 Å². The number of aromatic nitrogens is 1. The van der Waals surface area contributed by atoms with Crippen molar-refractivity contribution in [3.05, 3.63) is 18.3 Å². The molecule has 4 nitrogen and oxygen atoms in total. The molecule has 0 saturated carbocycles. The van der Waals surface area contributed by atoms with E-state index in [2.05, 4.69) is 37.6 Å². The number of anilines is 1. The maximum absolute atomic E-state index is 5.76. The molecule has 0 atom stereocenters. The summed E-state index contributed by atoms with van der Waals surface area (Å²) in [6.45, 7) is 10.2. The van der Waals surface area contributed by atoms with Crippen LogP contribution in [-0.2, 0) is 0 Å². The van der Waals surface area contributed by atoms with Gasteiger partial charge in [0, 0.05) is 24.8 Å². The number of hydrogen-bond donors (Lipinski definition) is 1. The van der Waals surface area contributed by atoms with Crippen LogP contribution in [0.25, 0.3) is 0 Å². The van der Waals surface area contributed by atoms with Crippen molar-refractivity contribution in [3.63, 3.8) is 0 Å². The Balaban J connectivity index is 2.44. The second-order valence-electron chi connectivity index (χ2n) is 4.67. The van der Waals surface area contributed by atoms with Gasteiger partial charge in [-0.1, -0.05) is 0 Å². The van der Waals surface area contributed by atoms with Crippen molar-refractivity contribution in [1.29, 1.82) is 0 Å². The van der Waals surface area contributed by atoms with Crippen LogP contribution in [0.5, 0.6) is 5.88 Å². The first-order chi connectivity index (χ1) is 8.02. The average molecular weight is 237 g/mol. The summed E-state index contributed by atoms with van der Waals surface area (Å²) in [7, 11) is 0. The van der Waals surface area contributed by atoms with Crippen molar-refractivity contribution < 1.29 is 4.74 Å². The Morgan fingerprint density at radius 1 is 1.29 bits per heavy atom. The van der Waals surface area contributed by atoms with Crippen molar-refractivity contribution in [3.8, 4) is 5.88 Å². The Morgan fingerprint density at radius 3 is 2.47 bits per heavy atom. The van der Waals surface area contributed by atoms with Crippen molar-refractivity contribution in [1.82, 2.24) is 9.88 Å². The molecule has 0 aromatic carbocycles. The molecular formula is C13H23N3O. The zero-order valence-electron chi connectivity index (χ0n) is 11.2. The van der Waals surface area contributed by atoms with Gasteiger partial charge in [-0.3, -0.25) is 4.90 Å². The zero-order chi connectivity index (χ0) is 12.8. The zero-order valence-corrected chi connectivity index (χ0v) is 11.2. The molecule has 0 aliphatic rings. The van der Waals surface area contributed by atoms with Crippen LogP contribution in [0.4, 0.5) is 5.69 Å². The molecule has 2 N–H and O–H groups in total. The summed E-state index contributed by atoms with van der Waals surface area (Å²) in [4.78, 5) is 6.47. The number of hydrogen-bond acceptors (Lipinski definition) is 4. The Kier molecular flexibility index (Phi) is 5.22. The minimum absolute atomic E-state index is 0.514. The van der Waals surface area contributed by atoms with Crippen molar-refractivity contribution >= 4 is 5.69 Å². The van der Waals surface area contributed by atoms with E-state index in [-0.39, 0.29) is 0 Å². The van der Waals surface area contributed by atoms with Crippen LogP contribution < -0.4 is 10.5 Å². The molecule has 96 valence electrons. The van der Waals surface area contributed by atoms with Crippen LogP contribution in [0.1, 0.15) is 27.7 Å². The van der Waals surface area contributed by atoms with Crippen LogP contribution in [0.15, 0.2) is 18.3 Å². The second-order valence-corrected chi connectivity index (χ2v) is 4.67. The lowest BCUT2D eigenvalue weighted by atomic mass is 10.2. The molecule has 0 unspecified atom stereocenters. The van der Waals surface area contributed by atoms with Gasteiger partial charge in [0.05, 0.1) is 5.69 Å². The molecule has 1 heterocycles. The van der Waals surface area contributed by atoms with E-state index >= 15 is 0 Å². The molecule has 0 saturated heterocycles. The Morgan fingerprint density at radius 2 is 1.94 bits per heavy atom. The smallest absolute Gasteiger partial charge is 0.237 e. The molecule has 0 radical (unpaired) electrons. The van der Waals surface area contributed by atoms with Gasteiger partial charge in [0.25, 0.3) is 0 Å². The molecule has 0 bridgehead atoms. The molecule has 1 rings (SSSR count). The molecule has 1 aromatic heterocycles. The van der Waals surface area contributed by atoms with Crippen molar-refractivity contribution in [2.45, 2.75) is 39.8 Å². The molecule has 17 heavy (non-hydrogen) atoms. The fourth-order valence-electron chi connectivity index (χ4n) is 1.88. The normalized spacial score (nSPS) is 11.5. The summed E-state index contributed by atoms with van der Waals surface area (Å²) in [5.74, 6) is 0.528. The summed E-state index contributed by atoms with van der Waals surface area (Å²) < 4.78 is 5.59. The molecular weight excluding hydrogens is 214 g/mol. The Labute approximate surface area is 104 Å². The summed E-state index contributed by atoms with van der Waals surface area (Å²) in [5, 5.41) is 0. The third kappa shape index (κ3) is 4.23. The van der Waals surface area contributed by atoms with Gasteiger partial charge in [0.1, 0.15) is 6.61 Å². The van der Waals surface area contributed by atoms with E-state index in [1.807, 2.05) is 0 Å². The first-order valence-corrected chi connectivity index (χ1v) is 6.11. The number of nitrogens with two attached hydrogens (primary N) is 1. The molecule has 0 fully saturated rings. The molecule has 0 spiro atoms. The fraction of sp³-hybridized carbons (Fsp3) is 0.615. The van der Waals surface area contributed by atoms with E-state index in [1.165, 1.54) is 0 Å². The highest BCUT2D eigenvalue weighted by atomic mass is 16.5. The fourth-order valence-corrected chi connectivity index (χ4v) is 1.88. The van der Waals surface area contributed by atoms with Gasteiger partial charge in [0.2, 0.25) is 5.88 Å². The summed E-state index contributed by atoms with van der Waals surface area (Å²) >= 11 is 0. The van der Waals surface area contributed by atoms with E-state index in [4.69, 9.17) is 10.5 Å². The van der Waals surface area contributed by atoms with Crippen LogP contribution in [-0.4, -0.2) is 35.1 Å². The third-order valence-electron chi connectivity index (χ3n) is 2.72. The highest BCUT2D eigenvalue weighted by Crippen LogP contribution is 2.16. The van der Waals surface area contributed by atoms with Crippen LogP contribution in [0.2, 0.25) is 0 Å². The van der Waals surface area contributed by atoms with Crippen molar-refractivity contribution in [2.24, 2.45) is 0 Å². The average Bonchev–Trinajstić information content (AvgIpc) is 2.25. The van der Waals surface area contributed by atoms with Crippen molar-refractivity contribution in [2.75, 3.05) is 18.9 Å². The highest BCUT2D eigenvalue weighted by Gasteiger charge is 2.13. The maximum Gasteiger partial charge on any atom is 0.237 e. The number of pyridine rings is 1. The molecule has 0 aliphatic heterocycles. The standard InChI is InChI=1S/C13H23N3O/c1-10(2)16(11(3)4)8-9-17-13-12(14)6-5-7-15-13/h5-7,10-11H,8-9,14H2,1-4H3. The van der Waals surface area contributed by atoms with Gasteiger partial charge < -0.3 is 10.5 Å². The first-order valence-electron chi connectivity index (χ1n) is 6.11. The Hall–Kier alpha value is -1.29. The molecule has 1 aromatic rings. The van der Waals surface area contributed by atoms with Gasteiger partial charge in [-0.05, 0) is 39.8 Å². The number of nitrogen functional groups attached to an aromatic ring is 1. The van der Waals surface area contributed by atoms with Gasteiger partial charge in [-0.2, -0.15) is 0 Å². The van der Waals surface area contributed by atoms with E-state index in [0.29, 0.717) is 30.3 Å². The molecule has 4 heteroatoms. The lowest BCUT2D eigenvalue weighted by Gasteiger charge is -2.30. The van der Waals surface area contributed by atoms with Gasteiger partial charge in [-0.25, -0.2) is 4.98 Å². The van der Waals surface area contributed by atoms with E-state index in [1.54, 1.807) is 18.3 Å². The summed E-state index contributed by atoms with van der Waals surface area (Å²) in [6.07, 6.45) is 1.69. The van der Waals surface area contributed by atoms with Gasteiger partial charge in [0.15, 0.2) is 0 Å². The number of ether oxygens (including phenoxy) is 1. The lowest BCUT2D eigenvalue weighted by molar-refractivity contribution is 0.140. The second kappa shape index (κ2) is 6.45. The molecule has 0 aliphatic carbocycles. The minimum Gasteiger partial charge on any atom is -0.475 e. The molecule has 0 amide bonds. The topological polar surface area (TPSA) is 51.4 Å². The highest BCUT2D eigenvalue weighted by molar-refractivity contribution is 5.46. The van der Waals surface area contributed by atoms with E-state index in [0.717, 1.165) is 6.54 Å². The van der Waals surface area contributed by atoms with Crippen LogP contribution >= 0.6 is 0 Å².